The third kappa shape index (κ3) is 2.54. The van der Waals surface area contributed by atoms with Gasteiger partial charge in [0.2, 0.25) is 0 Å². The molecule has 0 aliphatic carbocycles. The van der Waals surface area contributed by atoms with E-state index in [1.54, 1.807) is 26.4 Å². The second-order valence-electron chi connectivity index (χ2n) is 5.99. The van der Waals surface area contributed by atoms with Crippen molar-refractivity contribution in [3.8, 4) is 34.5 Å². The van der Waals surface area contributed by atoms with E-state index in [0.29, 0.717) is 17.1 Å². The minimum Gasteiger partial charge on any atom is -0.493 e. The van der Waals surface area contributed by atoms with Crippen LogP contribution in [0.25, 0.3) is 16.9 Å². The first-order valence-corrected chi connectivity index (χ1v) is 8.34. The lowest BCUT2D eigenvalue weighted by Gasteiger charge is -2.09. The molecule has 1 aromatic heterocycles. The average molecular weight is 346 g/mol. The Balaban J connectivity index is 1.82. The van der Waals surface area contributed by atoms with Crippen LogP contribution in [0.2, 0.25) is 0 Å². The molecule has 0 unspecified atom stereocenters. The Kier molecular flexibility index (Phi) is 3.98. The molecule has 1 aliphatic heterocycles. The number of aromatic nitrogens is 2. The Morgan fingerprint density at radius 3 is 2.54 bits per heavy atom. The number of anilines is 1. The number of ether oxygens (including phenoxy) is 2. The van der Waals surface area contributed by atoms with Crippen molar-refractivity contribution in [1.82, 2.24) is 9.78 Å². The maximum atomic E-state index is 8.99. The van der Waals surface area contributed by atoms with E-state index in [2.05, 4.69) is 11.4 Å². The van der Waals surface area contributed by atoms with Gasteiger partial charge < -0.3 is 14.8 Å². The van der Waals surface area contributed by atoms with Gasteiger partial charge in [-0.05, 0) is 48.9 Å². The van der Waals surface area contributed by atoms with Gasteiger partial charge in [0.1, 0.15) is 5.82 Å². The fourth-order valence-corrected chi connectivity index (χ4v) is 3.25. The molecule has 0 radical (unpaired) electrons. The molecular formula is C20H18N4O2. The van der Waals surface area contributed by atoms with Crippen molar-refractivity contribution >= 4 is 5.82 Å². The maximum absolute atomic E-state index is 8.99. The lowest BCUT2D eigenvalue weighted by atomic mass is 10.1. The zero-order chi connectivity index (χ0) is 18.1. The molecule has 0 amide bonds. The van der Waals surface area contributed by atoms with Gasteiger partial charge in [-0.15, -0.1) is 0 Å². The Bertz CT molecular complexity index is 1000. The highest BCUT2D eigenvalue weighted by Gasteiger charge is 2.24. The summed E-state index contributed by atoms with van der Waals surface area (Å²) in [5, 5.41) is 17.2. The zero-order valence-corrected chi connectivity index (χ0v) is 14.6. The Morgan fingerprint density at radius 2 is 1.85 bits per heavy atom. The van der Waals surface area contributed by atoms with Crippen LogP contribution in [-0.4, -0.2) is 30.5 Å². The first-order valence-electron chi connectivity index (χ1n) is 8.34. The van der Waals surface area contributed by atoms with Gasteiger partial charge in [0, 0.05) is 17.7 Å². The number of nitrogens with zero attached hydrogens (tertiary/aromatic N) is 3. The van der Waals surface area contributed by atoms with E-state index in [4.69, 9.17) is 19.8 Å². The number of methoxy groups -OCH3 is 2. The van der Waals surface area contributed by atoms with E-state index < -0.39 is 0 Å². The highest BCUT2D eigenvalue weighted by molar-refractivity contribution is 5.74. The molecule has 2 heterocycles. The van der Waals surface area contributed by atoms with Crippen LogP contribution >= 0.6 is 0 Å². The molecule has 0 atom stereocenters. The van der Waals surface area contributed by atoms with Crippen LogP contribution < -0.4 is 14.8 Å². The predicted molar refractivity (Wildman–Crippen MR) is 99.0 cm³/mol. The summed E-state index contributed by atoms with van der Waals surface area (Å²) in [4.78, 5) is 0. The Labute approximate surface area is 151 Å². The molecule has 0 bridgehead atoms. The molecule has 4 rings (SSSR count). The summed E-state index contributed by atoms with van der Waals surface area (Å²) in [5.41, 5.74) is 4.64. The highest BCUT2D eigenvalue weighted by Crippen LogP contribution is 2.38. The van der Waals surface area contributed by atoms with Crippen molar-refractivity contribution in [1.29, 1.82) is 5.26 Å². The van der Waals surface area contributed by atoms with Crippen molar-refractivity contribution in [2.75, 3.05) is 26.1 Å². The van der Waals surface area contributed by atoms with Crippen molar-refractivity contribution in [2.45, 2.75) is 6.42 Å². The second-order valence-corrected chi connectivity index (χ2v) is 5.99. The molecule has 0 saturated carbocycles. The Hall–Kier alpha value is -3.46. The molecular weight excluding hydrogens is 328 g/mol. The highest BCUT2D eigenvalue weighted by atomic mass is 16.5. The summed E-state index contributed by atoms with van der Waals surface area (Å²) in [6.07, 6.45) is 0.912. The molecule has 2 aromatic carbocycles. The van der Waals surface area contributed by atoms with Crippen LogP contribution in [0.5, 0.6) is 11.5 Å². The van der Waals surface area contributed by atoms with E-state index >= 15 is 0 Å². The van der Waals surface area contributed by atoms with Gasteiger partial charge in [-0.1, -0.05) is 0 Å². The summed E-state index contributed by atoms with van der Waals surface area (Å²) < 4.78 is 12.7. The normalized spacial score (nSPS) is 12.2. The molecule has 3 aromatic rings. The molecule has 130 valence electrons. The predicted octanol–water partition coefficient (Wildman–Crippen LogP) is 3.40. The first-order chi connectivity index (χ1) is 12.7. The Morgan fingerprint density at radius 1 is 1.08 bits per heavy atom. The number of rotatable bonds is 4. The number of fused-ring (bicyclic) bond motifs is 1. The average Bonchev–Trinajstić information content (AvgIpc) is 3.30. The lowest BCUT2D eigenvalue weighted by Crippen LogP contribution is -2.04. The molecule has 6 nitrogen and oxygen atoms in total. The van der Waals surface area contributed by atoms with Gasteiger partial charge in [0.25, 0.3) is 0 Å². The second kappa shape index (κ2) is 6.45. The molecule has 0 saturated heterocycles. The van der Waals surface area contributed by atoms with Crippen LogP contribution in [0, 0.1) is 11.3 Å². The molecule has 1 aliphatic rings. The number of hydrogen-bond acceptors (Lipinski definition) is 5. The van der Waals surface area contributed by atoms with E-state index in [0.717, 1.165) is 35.7 Å². The van der Waals surface area contributed by atoms with Gasteiger partial charge in [0.15, 0.2) is 11.5 Å². The van der Waals surface area contributed by atoms with E-state index in [9.17, 15) is 0 Å². The van der Waals surface area contributed by atoms with Gasteiger partial charge in [-0.3, -0.25) is 0 Å². The number of nitrogens with one attached hydrogen (secondary N) is 1. The minimum absolute atomic E-state index is 0.630. The molecule has 0 fully saturated rings. The van der Waals surface area contributed by atoms with Crippen molar-refractivity contribution in [3.63, 3.8) is 0 Å². The SMILES string of the molecule is COc1ccc(-c2nn(-c3ccc(C#N)cc3)c3c2CCN3)cc1OC. The fourth-order valence-electron chi connectivity index (χ4n) is 3.25. The third-order valence-electron chi connectivity index (χ3n) is 4.55. The summed E-state index contributed by atoms with van der Waals surface area (Å²) in [6, 6.07) is 15.4. The quantitative estimate of drug-likeness (QED) is 0.784. The van der Waals surface area contributed by atoms with E-state index in [1.807, 2.05) is 35.0 Å². The van der Waals surface area contributed by atoms with Gasteiger partial charge in [-0.25, -0.2) is 4.68 Å². The van der Waals surface area contributed by atoms with Crippen molar-refractivity contribution < 1.29 is 9.47 Å². The standard InChI is InChI=1S/C20H18N4O2/c1-25-17-8-5-14(11-18(17)26-2)19-16-9-10-22-20(16)24(23-19)15-6-3-13(12-21)4-7-15/h3-8,11,22H,9-10H2,1-2H3. The van der Waals surface area contributed by atoms with E-state index in [1.165, 1.54) is 5.56 Å². The largest absolute Gasteiger partial charge is 0.493 e. The number of nitriles is 1. The topological polar surface area (TPSA) is 72.1 Å². The zero-order valence-electron chi connectivity index (χ0n) is 14.6. The molecule has 26 heavy (non-hydrogen) atoms. The summed E-state index contributed by atoms with van der Waals surface area (Å²) in [6.45, 7) is 0.879. The molecule has 0 spiro atoms. The first kappa shape index (κ1) is 16.0. The van der Waals surface area contributed by atoms with E-state index in [-0.39, 0.29) is 0 Å². The number of hydrogen-bond donors (Lipinski definition) is 1. The van der Waals surface area contributed by atoms with Crippen LogP contribution in [0.1, 0.15) is 11.1 Å². The summed E-state index contributed by atoms with van der Waals surface area (Å²) in [7, 11) is 3.25. The summed E-state index contributed by atoms with van der Waals surface area (Å²) >= 11 is 0. The van der Waals surface area contributed by atoms with Crippen LogP contribution in [0.3, 0.4) is 0 Å². The van der Waals surface area contributed by atoms with Crippen LogP contribution in [0.15, 0.2) is 42.5 Å². The molecule has 1 N–H and O–H groups in total. The third-order valence-corrected chi connectivity index (χ3v) is 4.55. The van der Waals surface area contributed by atoms with Crippen LogP contribution in [0.4, 0.5) is 5.82 Å². The van der Waals surface area contributed by atoms with Gasteiger partial charge >= 0.3 is 0 Å². The molecule has 6 heteroatoms. The van der Waals surface area contributed by atoms with Crippen molar-refractivity contribution in [3.05, 3.63) is 53.6 Å². The number of benzene rings is 2. The lowest BCUT2D eigenvalue weighted by molar-refractivity contribution is 0.355. The van der Waals surface area contributed by atoms with Gasteiger partial charge in [-0.2, -0.15) is 10.4 Å². The summed E-state index contributed by atoms with van der Waals surface area (Å²) in [5.74, 6) is 2.37. The van der Waals surface area contributed by atoms with Crippen molar-refractivity contribution in [2.24, 2.45) is 0 Å². The maximum Gasteiger partial charge on any atom is 0.161 e. The minimum atomic E-state index is 0.630. The van der Waals surface area contributed by atoms with Crippen LogP contribution in [-0.2, 0) is 6.42 Å². The fraction of sp³-hybridized carbons (Fsp3) is 0.200. The van der Waals surface area contributed by atoms with Gasteiger partial charge in [0.05, 0.1) is 37.2 Å². The monoisotopic (exact) mass is 346 g/mol. The smallest absolute Gasteiger partial charge is 0.161 e.